The van der Waals surface area contributed by atoms with Crippen LogP contribution in [-0.2, 0) is 9.59 Å². The van der Waals surface area contributed by atoms with E-state index in [9.17, 15) is 14.7 Å². The Morgan fingerprint density at radius 3 is 2.17 bits per heavy atom. The van der Waals surface area contributed by atoms with E-state index in [0.29, 0.717) is 25.9 Å². The van der Waals surface area contributed by atoms with Gasteiger partial charge in [-0.05, 0) is 25.8 Å². The zero-order chi connectivity index (χ0) is 13.2. The average molecular weight is 254 g/mol. The van der Waals surface area contributed by atoms with E-state index in [-0.39, 0.29) is 5.91 Å². The number of carbonyl (C=O) groups is 2. The third-order valence-corrected chi connectivity index (χ3v) is 4.23. The number of nitrogens with zero attached hydrogens (tertiary/aromatic N) is 2. The molecule has 1 saturated heterocycles. The average Bonchev–Trinajstić information content (AvgIpc) is 2.28. The summed E-state index contributed by atoms with van der Waals surface area (Å²) in [6.07, 6.45) is 2.99. The zero-order valence-corrected chi connectivity index (χ0v) is 11.0. The fourth-order valence-corrected chi connectivity index (χ4v) is 2.84. The van der Waals surface area contributed by atoms with Gasteiger partial charge in [0.1, 0.15) is 5.41 Å². The minimum absolute atomic E-state index is 0.155. The monoisotopic (exact) mass is 254 g/mol. The standard InChI is InChI=1S/C13H22N2O3/c1-2-6-14-7-9-15(10-8-14)11(16)13(12(17)18)4-3-5-13/h2-10H2,1H3,(H,17,18). The van der Waals surface area contributed by atoms with Crippen molar-refractivity contribution in [2.45, 2.75) is 32.6 Å². The van der Waals surface area contributed by atoms with Crippen molar-refractivity contribution in [3.05, 3.63) is 0 Å². The summed E-state index contributed by atoms with van der Waals surface area (Å²) < 4.78 is 0. The molecule has 1 aliphatic heterocycles. The van der Waals surface area contributed by atoms with Gasteiger partial charge in [0, 0.05) is 26.2 Å². The number of carboxylic acids is 1. The van der Waals surface area contributed by atoms with Crippen LogP contribution in [0.4, 0.5) is 0 Å². The van der Waals surface area contributed by atoms with Gasteiger partial charge in [-0.2, -0.15) is 0 Å². The lowest BCUT2D eigenvalue weighted by atomic mass is 9.67. The maximum atomic E-state index is 12.3. The first-order chi connectivity index (χ1) is 8.60. The van der Waals surface area contributed by atoms with Gasteiger partial charge < -0.3 is 10.0 Å². The van der Waals surface area contributed by atoms with Gasteiger partial charge in [-0.1, -0.05) is 13.3 Å². The molecule has 0 radical (unpaired) electrons. The quantitative estimate of drug-likeness (QED) is 0.754. The minimum atomic E-state index is -1.09. The van der Waals surface area contributed by atoms with E-state index in [1.165, 1.54) is 0 Å². The maximum Gasteiger partial charge on any atom is 0.319 e. The van der Waals surface area contributed by atoms with E-state index < -0.39 is 11.4 Å². The Balaban J connectivity index is 1.93. The van der Waals surface area contributed by atoms with E-state index >= 15 is 0 Å². The number of hydrogen-bond donors (Lipinski definition) is 1. The Hall–Kier alpha value is -1.10. The molecule has 1 heterocycles. The number of amides is 1. The molecule has 0 bridgehead atoms. The van der Waals surface area contributed by atoms with Crippen LogP contribution in [0.1, 0.15) is 32.6 Å². The van der Waals surface area contributed by atoms with Crippen molar-refractivity contribution in [2.24, 2.45) is 5.41 Å². The first kappa shape index (κ1) is 13.3. The first-order valence-corrected chi connectivity index (χ1v) is 6.85. The number of carbonyl (C=O) groups excluding carboxylic acids is 1. The summed E-state index contributed by atoms with van der Waals surface area (Å²) in [7, 11) is 0. The van der Waals surface area contributed by atoms with Crippen LogP contribution in [0.25, 0.3) is 0 Å². The highest BCUT2D eigenvalue weighted by Crippen LogP contribution is 2.42. The lowest BCUT2D eigenvalue weighted by molar-refractivity contribution is -0.168. The Morgan fingerprint density at radius 1 is 1.17 bits per heavy atom. The number of rotatable bonds is 4. The van der Waals surface area contributed by atoms with Crippen LogP contribution in [0.2, 0.25) is 0 Å². The summed E-state index contributed by atoms with van der Waals surface area (Å²) in [5.41, 5.74) is -1.09. The summed E-state index contributed by atoms with van der Waals surface area (Å²) in [6, 6.07) is 0. The Morgan fingerprint density at radius 2 is 1.78 bits per heavy atom. The molecule has 2 rings (SSSR count). The summed E-state index contributed by atoms with van der Waals surface area (Å²) in [5, 5.41) is 9.26. The molecule has 0 unspecified atom stereocenters. The summed E-state index contributed by atoms with van der Waals surface area (Å²) >= 11 is 0. The highest BCUT2D eigenvalue weighted by atomic mass is 16.4. The number of carboxylic acid groups (broad SMARTS) is 1. The van der Waals surface area contributed by atoms with Gasteiger partial charge in [0.25, 0.3) is 0 Å². The van der Waals surface area contributed by atoms with E-state index in [1.54, 1.807) is 4.90 Å². The molecule has 0 aromatic rings. The second-order valence-corrected chi connectivity index (χ2v) is 5.37. The largest absolute Gasteiger partial charge is 0.480 e. The van der Waals surface area contributed by atoms with E-state index in [2.05, 4.69) is 11.8 Å². The third-order valence-electron chi connectivity index (χ3n) is 4.23. The molecule has 0 aromatic carbocycles. The molecule has 5 nitrogen and oxygen atoms in total. The minimum Gasteiger partial charge on any atom is -0.480 e. The molecule has 18 heavy (non-hydrogen) atoms. The number of aliphatic carboxylic acids is 1. The molecule has 0 atom stereocenters. The van der Waals surface area contributed by atoms with E-state index in [4.69, 9.17) is 0 Å². The molecular weight excluding hydrogens is 232 g/mol. The lowest BCUT2D eigenvalue weighted by Crippen LogP contribution is -2.57. The molecule has 5 heteroatoms. The van der Waals surface area contributed by atoms with Gasteiger partial charge in [0.2, 0.25) is 5.91 Å². The van der Waals surface area contributed by atoms with Crippen molar-refractivity contribution in [2.75, 3.05) is 32.7 Å². The molecular formula is C13H22N2O3. The Labute approximate surface area is 108 Å². The van der Waals surface area contributed by atoms with Gasteiger partial charge in [0.05, 0.1) is 0 Å². The van der Waals surface area contributed by atoms with Gasteiger partial charge in [-0.15, -0.1) is 0 Å². The maximum absolute atomic E-state index is 12.3. The number of piperazine rings is 1. The summed E-state index contributed by atoms with van der Waals surface area (Å²) in [4.78, 5) is 27.7. The predicted molar refractivity (Wildman–Crippen MR) is 67.2 cm³/mol. The van der Waals surface area contributed by atoms with Crippen molar-refractivity contribution in [3.63, 3.8) is 0 Å². The van der Waals surface area contributed by atoms with Crippen LogP contribution in [0.5, 0.6) is 0 Å². The molecule has 2 aliphatic rings. The van der Waals surface area contributed by atoms with E-state index in [1.807, 2.05) is 0 Å². The van der Waals surface area contributed by atoms with Crippen LogP contribution in [0.15, 0.2) is 0 Å². The van der Waals surface area contributed by atoms with Crippen molar-refractivity contribution in [1.82, 2.24) is 9.80 Å². The Kier molecular flexibility index (Phi) is 3.90. The smallest absolute Gasteiger partial charge is 0.319 e. The van der Waals surface area contributed by atoms with Gasteiger partial charge in [-0.3, -0.25) is 14.5 Å². The fourth-order valence-electron chi connectivity index (χ4n) is 2.84. The Bertz CT molecular complexity index is 331. The van der Waals surface area contributed by atoms with Crippen LogP contribution in [0, 0.1) is 5.41 Å². The van der Waals surface area contributed by atoms with Crippen molar-refractivity contribution < 1.29 is 14.7 Å². The SMILES string of the molecule is CCCN1CCN(C(=O)C2(C(=O)O)CCC2)CC1. The molecule has 102 valence electrons. The highest BCUT2D eigenvalue weighted by Gasteiger charge is 2.53. The summed E-state index contributed by atoms with van der Waals surface area (Å²) in [6.45, 7) is 6.30. The number of hydrogen-bond acceptors (Lipinski definition) is 3. The van der Waals surface area contributed by atoms with Gasteiger partial charge >= 0.3 is 5.97 Å². The molecule has 1 N–H and O–H groups in total. The highest BCUT2D eigenvalue weighted by molar-refractivity contribution is 6.02. The molecule has 0 spiro atoms. The van der Waals surface area contributed by atoms with Crippen molar-refractivity contribution in [1.29, 1.82) is 0 Å². The molecule has 1 amide bonds. The van der Waals surface area contributed by atoms with Crippen molar-refractivity contribution in [3.8, 4) is 0 Å². The predicted octanol–water partition coefficient (Wildman–Crippen LogP) is 0.795. The topological polar surface area (TPSA) is 60.9 Å². The molecule has 1 saturated carbocycles. The van der Waals surface area contributed by atoms with Crippen LogP contribution < -0.4 is 0 Å². The van der Waals surface area contributed by atoms with Crippen molar-refractivity contribution >= 4 is 11.9 Å². The molecule has 0 aromatic heterocycles. The van der Waals surface area contributed by atoms with Crippen LogP contribution in [-0.4, -0.2) is 59.5 Å². The summed E-state index contributed by atoms with van der Waals surface area (Å²) in [5.74, 6) is -1.09. The van der Waals surface area contributed by atoms with E-state index in [0.717, 1.165) is 32.5 Å². The normalized spacial score (nSPS) is 23.5. The molecule has 1 aliphatic carbocycles. The lowest BCUT2D eigenvalue weighted by Gasteiger charge is -2.43. The zero-order valence-electron chi connectivity index (χ0n) is 11.0. The third kappa shape index (κ3) is 2.23. The van der Waals surface area contributed by atoms with Gasteiger partial charge in [-0.25, -0.2) is 0 Å². The second-order valence-electron chi connectivity index (χ2n) is 5.37. The molecule has 2 fully saturated rings. The van der Waals surface area contributed by atoms with Crippen LogP contribution in [0.3, 0.4) is 0 Å². The van der Waals surface area contributed by atoms with Gasteiger partial charge in [0.15, 0.2) is 0 Å². The van der Waals surface area contributed by atoms with Crippen LogP contribution >= 0.6 is 0 Å². The second kappa shape index (κ2) is 5.26. The first-order valence-electron chi connectivity index (χ1n) is 6.85. The fraction of sp³-hybridized carbons (Fsp3) is 0.846.